The van der Waals surface area contributed by atoms with Crippen molar-refractivity contribution in [3.63, 3.8) is 0 Å². The molecule has 0 unspecified atom stereocenters. The minimum atomic E-state index is -0.202. The number of rotatable bonds is 1. The molecule has 2 aromatic heterocycles. The lowest BCUT2D eigenvalue weighted by atomic mass is 9.95. The zero-order valence-corrected chi connectivity index (χ0v) is 14.7. The van der Waals surface area contributed by atoms with Gasteiger partial charge in [-0.1, -0.05) is 0 Å². The molecule has 4 rings (SSSR count). The first-order chi connectivity index (χ1) is 12.5. The van der Waals surface area contributed by atoms with Crippen LogP contribution in [0.25, 0.3) is 0 Å². The standard InChI is InChI=1S/C18H18N6O2/c1-11-14(8-19)13-3-4-23(10-12(13)9-20-11)17(25)15-7-16-18(26)22(2)5-6-24(16)21-15/h7,9H,3-6,10H2,1-2H3. The van der Waals surface area contributed by atoms with E-state index in [1.807, 2.05) is 6.92 Å². The van der Waals surface area contributed by atoms with E-state index in [1.165, 1.54) is 0 Å². The summed E-state index contributed by atoms with van der Waals surface area (Å²) in [7, 11) is 1.74. The van der Waals surface area contributed by atoms with E-state index in [4.69, 9.17) is 0 Å². The van der Waals surface area contributed by atoms with Crippen LogP contribution in [-0.4, -0.2) is 56.5 Å². The van der Waals surface area contributed by atoms with Crippen LogP contribution in [0.5, 0.6) is 0 Å². The first-order valence-corrected chi connectivity index (χ1v) is 8.49. The Hall–Kier alpha value is -3.21. The zero-order valence-electron chi connectivity index (χ0n) is 14.7. The van der Waals surface area contributed by atoms with Crippen molar-refractivity contribution in [1.82, 2.24) is 24.6 Å². The molecule has 0 aliphatic carbocycles. The van der Waals surface area contributed by atoms with Gasteiger partial charge < -0.3 is 9.80 Å². The molecule has 0 aromatic carbocycles. The number of hydrogen-bond acceptors (Lipinski definition) is 5. The molecule has 2 aliphatic heterocycles. The van der Waals surface area contributed by atoms with Crippen molar-refractivity contribution >= 4 is 11.8 Å². The van der Waals surface area contributed by atoms with Gasteiger partial charge in [-0.25, -0.2) is 0 Å². The summed E-state index contributed by atoms with van der Waals surface area (Å²) >= 11 is 0. The minimum absolute atomic E-state index is 0.120. The number of carbonyl (C=O) groups is 2. The van der Waals surface area contributed by atoms with Crippen LogP contribution >= 0.6 is 0 Å². The molecule has 8 nitrogen and oxygen atoms in total. The molecule has 0 radical (unpaired) electrons. The van der Waals surface area contributed by atoms with Crippen molar-refractivity contribution in [2.45, 2.75) is 26.4 Å². The second-order valence-electron chi connectivity index (χ2n) is 6.68. The number of nitriles is 1. The second-order valence-corrected chi connectivity index (χ2v) is 6.68. The molecule has 0 saturated heterocycles. The monoisotopic (exact) mass is 350 g/mol. The van der Waals surface area contributed by atoms with E-state index in [0.29, 0.717) is 43.9 Å². The molecule has 2 amide bonds. The van der Waals surface area contributed by atoms with Gasteiger partial charge >= 0.3 is 0 Å². The molecule has 2 aromatic rings. The summed E-state index contributed by atoms with van der Waals surface area (Å²) in [5, 5.41) is 13.7. The number of hydrogen-bond donors (Lipinski definition) is 0. The van der Waals surface area contributed by atoms with Gasteiger partial charge in [-0.3, -0.25) is 19.3 Å². The molecule has 26 heavy (non-hydrogen) atoms. The third kappa shape index (κ3) is 2.44. The van der Waals surface area contributed by atoms with E-state index in [9.17, 15) is 14.9 Å². The average molecular weight is 350 g/mol. The number of nitrogens with zero attached hydrogens (tertiary/aromatic N) is 6. The normalized spacial score (nSPS) is 16.1. The van der Waals surface area contributed by atoms with Crippen LogP contribution in [0.3, 0.4) is 0 Å². The summed E-state index contributed by atoms with van der Waals surface area (Å²) < 4.78 is 1.60. The third-order valence-corrected chi connectivity index (χ3v) is 5.07. The Bertz CT molecular complexity index is 971. The highest BCUT2D eigenvalue weighted by molar-refractivity contribution is 5.98. The average Bonchev–Trinajstić information content (AvgIpc) is 3.09. The predicted molar refractivity (Wildman–Crippen MR) is 91.3 cm³/mol. The number of aryl methyl sites for hydroxylation is 1. The first-order valence-electron chi connectivity index (χ1n) is 8.49. The van der Waals surface area contributed by atoms with Gasteiger partial charge in [0.2, 0.25) is 0 Å². The van der Waals surface area contributed by atoms with Crippen LogP contribution in [0.15, 0.2) is 12.3 Å². The van der Waals surface area contributed by atoms with Crippen molar-refractivity contribution in [3.05, 3.63) is 46.0 Å². The number of fused-ring (bicyclic) bond motifs is 2. The molecule has 4 heterocycles. The van der Waals surface area contributed by atoms with Crippen molar-refractivity contribution < 1.29 is 9.59 Å². The van der Waals surface area contributed by atoms with Gasteiger partial charge in [0.1, 0.15) is 11.8 Å². The van der Waals surface area contributed by atoms with Gasteiger partial charge in [-0.2, -0.15) is 10.4 Å². The van der Waals surface area contributed by atoms with Gasteiger partial charge in [0.05, 0.1) is 17.8 Å². The largest absolute Gasteiger partial charge is 0.339 e. The Morgan fingerprint density at radius 1 is 1.31 bits per heavy atom. The minimum Gasteiger partial charge on any atom is -0.339 e. The lowest BCUT2D eigenvalue weighted by Crippen LogP contribution is -2.37. The van der Waals surface area contributed by atoms with Crippen LogP contribution in [0.1, 0.15) is 43.4 Å². The molecular formula is C18H18N6O2. The number of aromatic nitrogens is 3. The van der Waals surface area contributed by atoms with E-state index < -0.39 is 0 Å². The maximum atomic E-state index is 12.9. The molecule has 2 aliphatic rings. The van der Waals surface area contributed by atoms with Gasteiger partial charge in [0.25, 0.3) is 11.8 Å². The quantitative estimate of drug-likeness (QED) is 0.756. The Balaban J connectivity index is 1.61. The van der Waals surface area contributed by atoms with Gasteiger partial charge in [0.15, 0.2) is 5.69 Å². The summed E-state index contributed by atoms with van der Waals surface area (Å²) in [6.45, 7) is 3.90. The van der Waals surface area contributed by atoms with Crippen LogP contribution in [0.4, 0.5) is 0 Å². The molecular weight excluding hydrogens is 332 g/mol. The smallest absolute Gasteiger partial charge is 0.274 e. The fourth-order valence-corrected chi connectivity index (χ4v) is 3.54. The summed E-state index contributed by atoms with van der Waals surface area (Å²) in [5.74, 6) is -0.322. The zero-order chi connectivity index (χ0) is 18.4. The van der Waals surface area contributed by atoms with Crippen molar-refractivity contribution in [2.75, 3.05) is 20.1 Å². The van der Waals surface area contributed by atoms with Crippen LogP contribution in [-0.2, 0) is 19.5 Å². The van der Waals surface area contributed by atoms with Crippen LogP contribution in [0.2, 0.25) is 0 Å². The molecule has 0 atom stereocenters. The Morgan fingerprint density at radius 2 is 2.12 bits per heavy atom. The number of carbonyl (C=O) groups excluding carboxylic acids is 2. The van der Waals surface area contributed by atoms with Crippen molar-refractivity contribution in [2.24, 2.45) is 0 Å². The highest BCUT2D eigenvalue weighted by Crippen LogP contribution is 2.24. The molecule has 0 saturated carbocycles. The summed E-state index contributed by atoms with van der Waals surface area (Å²) in [6, 6.07) is 3.79. The van der Waals surface area contributed by atoms with Crippen LogP contribution < -0.4 is 0 Å². The maximum absolute atomic E-state index is 12.9. The predicted octanol–water partition coefficient (Wildman–Crippen LogP) is 0.742. The van der Waals surface area contributed by atoms with Crippen molar-refractivity contribution in [3.8, 4) is 6.07 Å². The molecule has 0 fully saturated rings. The molecule has 0 bridgehead atoms. The van der Waals surface area contributed by atoms with Crippen molar-refractivity contribution in [1.29, 1.82) is 5.26 Å². The summed E-state index contributed by atoms with van der Waals surface area (Å²) in [4.78, 5) is 32.7. The van der Waals surface area contributed by atoms with E-state index in [0.717, 1.165) is 16.8 Å². The highest BCUT2D eigenvalue weighted by atomic mass is 16.2. The van der Waals surface area contributed by atoms with E-state index >= 15 is 0 Å². The third-order valence-electron chi connectivity index (χ3n) is 5.07. The summed E-state index contributed by atoms with van der Waals surface area (Å²) in [5.41, 5.74) is 3.93. The molecule has 8 heteroatoms. The summed E-state index contributed by atoms with van der Waals surface area (Å²) in [6.07, 6.45) is 2.35. The SMILES string of the molecule is Cc1ncc2c(c1C#N)CCN(C(=O)c1cc3n(n1)CCN(C)C3=O)C2. The number of pyridine rings is 1. The maximum Gasteiger partial charge on any atom is 0.274 e. The topological polar surface area (TPSA) is 95.1 Å². The lowest BCUT2D eigenvalue weighted by Gasteiger charge is -2.28. The molecule has 0 N–H and O–H groups in total. The molecule has 132 valence electrons. The van der Waals surface area contributed by atoms with Gasteiger partial charge in [-0.15, -0.1) is 0 Å². The fraction of sp³-hybridized carbons (Fsp3) is 0.389. The Labute approximate surface area is 150 Å². The van der Waals surface area contributed by atoms with E-state index in [1.54, 1.807) is 33.8 Å². The van der Waals surface area contributed by atoms with E-state index in [2.05, 4.69) is 16.2 Å². The number of likely N-dealkylation sites (N-methyl/N-ethyl adjacent to an activating group) is 1. The number of amides is 2. The van der Waals surface area contributed by atoms with Gasteiger partial charge in [-0.05, 0) is 24.5 Å². The first kappa shape index (κ1) is 16.3. The second kappa shape index (κ2) is 5.95. The Morgan fingerprint density at radius 3 is 2.88 bits per heavy atom. The van der Waals surface area contributed by atoms with Gasteiger partial charge in [0, 0.05) is 38.9 Å². The highest BCUT2D eigenvalue weighted by Gasteiger charge is 2.29. The fourth-order valence-electron chi connectivity index (χ4n) is 3.54. The lowest BCUT2D eigenvalue weighted by molar-refractivity contribution is 0.0720. The van der Waals surface area contributed by atoms with E-state index in [-0.39, 0.29) is 17.5 Å². The molecule has 0 spiro atoms. The Kier molecular flexibility index (Phi) is 3.72. The van der Waals surface area contributed by atoms with Crippen LogP contribution in [0, 0.1) is 18.3 Å².